The van der Waals surface area contributed by atoms with Crippen LogP contribution < -0.4 is 5.73 Å². The van der Waals surface area contributed by atoms with E-state index in [9.17, 15) is 0 Å². The third kappa shape index (κ3) is 4.21. The summed E-state index contributed by atoms with van der Waals surface area (Å²) in [5.41, 5.74) is 5.39. The van der Waals surface area contributed by atoms with Crippen LogP contribution in [0.25, 0.3) is 0 Å². The van der Waals surface area contributed by atoms with Crippen LogP contribution in [0, 0.1) is 0 Å². The molecule has 0 aliphatic carbocycles. The summed E-state index contributed by atoms with van der Waals surface area (Å²) in [6.07, 6.45) is 1.76. The van der Waals surface area contributed by atoms with Crippen LogP contribution in [-0.4, -0.2) is 16.1 Å². The zero-order valence-corrected chi connectivity index (χ0v) is 8.91. The Morgan fingerprint density at radius 2 is 2.33 bits per heavy atom. The zero-order valence-electron chi connectivity index (χ0n) is 6.38. The van der Waals surface area contributed by atoms with Gasteiger partial charge in [-0.15, -0.1) is 12.4 Å². The molecule has 0 saturated carbocycles. The van der Waals surface area contributed by atoms with Gasteiger partial charge in [0.2, 0.25) is 0 Å². The van der Waals surface area contributed by atoms with Gasteiger partial charge in [-0.05, 0) is 12.1 Å². The summed E-state index contributed by atoms with van der Waals surface area (Å²) in [4.78, 5) is 4.13. The fourth-order valence-electron chi connectivity index (χ4n) is 0.604. The largest absolute Gasteiger partial charge is 0.329 e. The van der Waals surface area contributed by atoms with Crippen LogP contribution in [0.2, 0.25) is 0 Å². The minimum atomic E-state index is 0. The van der Waals surface area contributed by atoms with Crippen molar-refractivity contribution in [2.24, 2.45) is 5.73 Å². The third-order valence-electron chi connectivity index (χ3n) is 1.10. The molecule has 1 aromatic heterocycles. The Balaban J connectivity index is 0.00000121. The van der Waals surface area contributed by atoms with Gasteiger partial charge in [0.15, 0.2) is 0 Å². The molecule has 12 heavy (non-hydrogen) atoms. The van der Waals surface area contributed by atoms with E-state index in [1.807, 2.05) is 18.2 Å². The highest BCUT2D eigenvalue weighted by Gasteiger charge is 2.01. The Kier molecular flexibility index (Phi) is 6.65. The van der Waals surface area contributed by atoms with Gasteiger partial charge in [0.1, 0.15) is 0 Å². The predicted molar refractivity (Wildman–Crippen MR) is 59.2 cm³/mol. The molecule has 5 heteroatoms. The first-order chi connectivity index (χ1) is 5.33. The fraction of sp³-hybridized carbons (Fsp3) is 0.286. The molecule has 1 rings (SSSR count). The number of halogens is 1. The molecule has 0 unspecified atom stereocenters. The number of rotatable bonds is 3. The average molecular weight is 223 g/mol. The summed E-state index contributed by atoms with van der Waals surface area (Å²) in [5.74, 6) is 0. The van der Waals surface area contributed by atoms with E-state index in [0.29, 0.717) is 6.54 Å². The molecule has 0 aromatic carbocycles. The van der Waals surface area contributed by atoms with E-state index in [-0.39, 0.29) is 17.0 Å². The van der Waals surface area contributed by atoms with Crippen LogP contribution in [0.1, 0.15) is 0 Å². The molecular weight excluding hydrogens is 212 g/mol. The second-order valence-corrected chi connectivity index (χ2v) is 4.17. The molecule has 1 aromatic rings. The number of pyridine rings is 1. The summed E-state index contributed by atoms with van der Waals surface area (Å²) < 4.78 is 0.143. The third-order valence-corrected chi connectivity index (χ3v) is 2.57. The first-order valence-corrected chi connectivity index (χ1v) is 4.68. The molecular formula is C7H11ClN2S2. The number of nitrogens with two attached hydrogens (primary N) is 1. The monoisotopic (exact) mass is 222 g/mol. The highest BCUT2D eigenvalue weighted by atomic mass is 35.5. The van der Waals surface area contributed by atoms with Gasteiger partial charge in [-0.2, -0.15) is 12.6 Å². The minimum absolute atomic E-state index is 0. The molecule has 0 fully saturated rings. The van der Waals surface area contributed by atoms with Crippen molar-refractivity contribution < 1.29 is 0 Å². The first-order valence-electron chi connectivity index (χ1n) is 3.29. The van der Waals surface area contributed by atoms with Gasteiger partial charge in [0.25, 0.3) is 0 Å². The lowest BCUT2D eigenvalue weighted by molar-refractivity contribution is 1.08. The first kappa shape index (κ1) is 12.1. The molecule has 0 saturated heterocycles. The molecule has 0 amide bonds. The summed E-state index contributed by atoms with van der Waals surface area (Å²) >= 11 is 5.81. The van der Waals surface area contributed by atoms with Crippen LogP contribution in [0.5, 0.6) is 0 Å². The zero-order chi connectivity index (χ0) is 8.10. The normalized spacial score (nSPS) is 11.8. The quantitative estimate of drug-likeness (QED) is 0.466. The van der Waals surface area contributed by atoms with Crippen molar-refractivity contribution in [2.45, 2.75) is 9.61 Å². The maximum atomic E-state index is 5.39. The molecule has 68 valence electrons. The van der Waals surface area contributed by atoms with E-state index < -0.39 is 0 Å². The molecule has 1 heterocycles. The lowest BCUT2D eigenvalue weighted by Crippen LogP contribution is -2.09. The van der Waals surface area contributed by atoms with Crippen molar-refractivity contribution in [3.63, 3.8) is 0 Å². The molecule has 1 atom stereocenters. The number of hydrogen-bond donors (Lipinski definition) is 2. The van der Waals surface area contributed by atoms with Crippen molar-refractivity contribution in [1.82, 2.24) is 4.98 Å². The van der Waals surface area contributed by atoms with Gasteiger partial charge in [-0.1, -0.05) is 17.8 Å². The summed E-state index contributed by atoms with van der Waals surface area (Å²) in [7, 11) is 0. The molecule has 0 aliphatic heterocycles. The van der Waals surface area contributed by atoms with Crippen LogP contribution in [0.4, 0.5) is 0 Å². The van der Waals surface area contributed by atoms with E-state index in [0.717, 1.165) is 5.03 Å². The van der Waals surface area contributed by atoms with E-state index in [1.165, 1.54) is 0 Å². The number of thiol groups is 1. The SMILES string of the molecule is Cl.NC[C@@H](S)Sc1ccccn1. The van der Waals surface area contributed by atoms with Crippen LogP contribution in [0.3, 0.4) is 0 Å². The molecule has 0 spiro atoms. The fourth-order valence-corrected chi connectivity index (χ4v) is 1.58. The van der Waals surface area contributed by atoms with Gasteiger partial charge in [0, 0.05) is 12.7 Å². The van der Waals surface area contributed by atoms with Gasteiger partial charge in [-0.3, -0.25) is 0 Å². The Morgan fingerprint density at radius 1 is 1.58 bits per heavy atom. The number of aromatic nitrogens is 1. The minimum Gasteiger partial charge on any atom is -0.329 e. The van der Waals surface area contributed by atoms with Gasteiger partial charge in [0.05, 0.1) is 9.61 Å². The van der Waals surface area contributed by atoms with Crippen molar-refractivity contribution in [3.05, 3.63) is 24.4 Å². The second-order valence-electron chi connectivity index (χ2n) is 1.98. The van der Waals surface area contributed by atoms with Crippen LogP contribution >= 0.6 is 36.8 Å². The standard InChI is InChI=1S/C7H10N2S2.ClH/c8-5-7(10)11-6-3-1-2-4-9-6;/h1-4,7,10H,5,8H2;1H/t7-;/m0./s1. The number of thioether (sulfide) groups is 1. The van der Waals surface area contributed by atoms with Gasteiger partial charge >= 0.3 is 0 Å². The lowest BCUT2D eigenvalue weighted by Gasteiger charge is -2.04. The van der Waals surface area contributed by atoms with Crippen LogP contribution in [0.15, 0.2) is 29.4 Å². The van der Waals surface area contributed by atoms with E-state index in [1.54, 1.807) is 18.0 Å². The van der Waals surface area contributed by atoms with Crippen molar-refractivity contribution in [2.75, 3.05) is 6.54 Å². The van der Waals surface area contributed by atoms with Crippen molar-refractivity contribution in [1.29, 1.82) is 0 Å². The summed E-state index contributed by atoms with van der Waals surface area (Å²) in [6.45, 7) is 0.560. The molecule has 0 bridgehead atoms. The smallest absolute Gasteiger partial charge is 0.0970 e. The Hall–Kier alpha value is 0.1000. The molecule has 0 aliphatic rings. The summed E-state index contributed by atoms with van der Waals surface area (Å²) in [6, 6.07) is 5.79. The summed E-state index contributed by atoms with van der Waals surface area (Å²) in [5, 5.41) is 0.970. The van der Waals surface area contributed by atoms with E-state index in [2.05, 4.69) is 17.6 Å². The Morgan fingerprint density at radius 3 is 2.83 bits per heavy atom. The van der Waals surface area contributed by atoms with Gasteiger partial charge < -0.3 is 5.73 Å². The number of hydrogen-bond acceptors (Lipinski definition) is 4. The topological polar surface area (TPSA) is 38.9 Å². The molecule has 2 nitrogen and oxygen atoms in total. The van der Waals surface area contributed by atoms with Crippen molar-refractivity contribution >= 4 is 36.8 Å². The lowest BCUT2D eigenvalue weighted by atomic mass is 10.5. The van der Waals surface area contributed by atoms with Gasteiger partial charge in [-0.25, -0.2) is 4.98 Å². The van der Waals surface area contributed by atoms with E-state index in [4.69, 9.17) is 5.73 Å². The Bertz CT molecular complexity index is 208. The highest BCUT2D eigenvalue weighted by Crippen LogP contribution is 2.21. The second kappa shape index (κ2) is 6.60. The molecule has 0 radical (unpaired) electrons. The van der Waals surface area contributed by atoms with Crippen molar-refractivity contribution in [3.8, 4) is 0 Å². The maximum absolute atomic E-state index is 5.39. The average Bonchev–Trinajstić information content (AvgIpc) is 2.06. The van der Waals surface area contributed by atoms with E-state index >= 15 is 0 Å². The number of nitrogens with zero attached hydrogens (tertiary/aromatic N) is 1. The van der Waals surface area contributed by atoms with Crippen LogP contribution in [-0.2, 0) is 0 Å². The molecule has 2 N–H and O–H groups in total. The maximum Gasteiger partial charge on any atom is 0.0970 e. The Labute approximate surface area is 88.2 Å². The predicted octanol–water partition coefficient (Wildman–Crippen LogP) is 1.81. The highest BCUT2D eigenvalue weighted by molar-refractivity contribution is 8.10.